The fourth-order valence-corrected chi connectivity index (χ4v) is 4.84. The van der Waals surface area contributed by atoms with Crippen LogP contribution in [0.4, 0.5) is 0 Å². The zero-order valence-electron chi connectivity index (χ0n) is 14.2. The van der Waals surface area contributed by atoms with Crippen LogP contribution >= 0.6 is 18.5 Å². The molecule has 2 rings (SSSR count). The standard InChI is InChI=1S/C18H24ClO3P/c1-14-6-10-16(11-7-14)20-23(19,22-18(3,4)5)21-17-12-8-15(2)9-13-17/h6-13,23H,1-5H3. The molecule has 23 heavy (non-hydrogen) atoms. The first kappa shape index (κ1) is 18.1. The summed E-state index contributed by atoms with van der Waals surface area (Å²) in [4.78, 5) is 0. The van der Waals surface area contributed by atoms with Crippen molar-refractivity contribution in [3.05, 3.63) is 59.7 Å². The van der Waals surface area contributed by atoms with E-state index >= 15 is 0 Å². The van der Waals surface area contributed by atoms with E-state index in [0.29, 0.717) is 11.5 Å². The first-order valence-corrected chi connectivity index (χ1v) is 10.3. The van der Waals surface area contributed by atoms with Gasteiger partial charge >= 0.3 is 143 Å². The van der Waals surface area contributed by atoms with Crippen molar-refractivity contribution in [1.29, 1.82) is 0 Å². The summed E-state index contributed by atoms with van der Waals surface area (Å²) >= 11 is 6.64. The fraction of sp³-hybridized carbons (Fsp3) is 0.333. The molecule has 0 amide bonds. The number of hydrogen-bond acceptors (Lipinski definition) is 3. The molecule has 0 fully saturated rings. The summed E-state index contributed by atoms with van der Waals surface area (Å²) in [6.45, 7) is 9.81. The van der Waals surface area contributed by atoms with E-state index in [1.54, 1.807) is 0 Å². The van der Waals surface area contributed by atoms with Gasteiger partial charge in [0.15, 0.2) is 0 Å². The van der Waals surface area contributed by atoms with Crippen molar-refractivity contribution in [1.82, 2.24) is 0 Å². The van der Waals surface area contributed by atoms with Crippen LogP contribution in [0.25, 0.3) is 0 Å². The van der Waals surface area contributed by atoms with Gasteiger partial charge in [-0.3, -0.25) is 0 Å². The van der Waals surface area contributed by atoms with Crippen LogP contribution in [-0.4, -0.2) is 5.60 Å². The molecule has 0 aliphatic heterocycles. The van der Waals surface area contributed by atoms with E-state index < -0.39 is 12.9 Å². The van der Waals surface area contributed by atoms with Gasteiger partial charge in [0.1, 0.15) is 0 Å². The molecule has 0 spiro atoms. The molecular weight excluding hydrogens is 331 g/mol. The number of halogens is 1. The van der Waals surface area contributed by atoms with Crippen LogP contribution in [0.2, 0.25) is 0 Å². The Morgan fingerprint density at radius 1 is 0.739 bits per heavy atom. The van der Waals surface area contributed by atoms with Gasteiger partial charge < -0.3 is 0 Å². The van der Waals surface area contributed by atoms with E-state index in [9.17, 15) is 0 Å². The van der Waals surface area contributed by atoms with Crippen molar-refractivity contribution in [2.45, 2.75) is 40.2 Å². The van der Waals surface area contributed by atoms with E-state index in [2.05, 4.69) is 0 Å². The minimum absolute atomic E-state index is 0.483. The van der Waals surface area contributed by atoms with Crippen LogP contribution in [0.15, 0.2) is 48.5 Å². The van der Waals surface area contributed by atoms with Gasteiger partial charge in [0.05, 0.1) is 0 Å². The second-order valence-electron chi connectivity index (χ2n) is 6.53. The van der Waals surface area contributed by atoms with Crippen LogP contribution in [0.3, 0.4) is 0 Å². The van der Waals surface area contributed by atoms with Gasteiger partial charge in [-0.15, -0.1) is 0 Å². The predicted octanol–water partition coefficient (Wildman–Crippen LogP) is 6.23. The van der Waals surface area contributed by atoms with Gasteiger partial charge in [0.25, 0.3) is 0 Å². The summed E-state index contributed by atoms with van der Waals surface area (Å²) < 4.78 is 17.8. The molecule has 0 bridgehead atoms. The molecule has 5 heteroatoms. The summed E-state index contributed by atoms with van der Waals surface area (Å²) in [7, 11) is -3.43. The molecule has 0 aliphatic carbocycles. The number of benzene rings is 2. The van der Waals surface area contributed by atoms with Crippen molar-refractivity contribution in [3.63, 3.8) is 0 Å². The Labute approximate surface area is 143 Å². The first-order chi connectivity index (χ1) is 10.7. The van der Waals surface area contributed by atoms with Crippen LogP contribution in [0, 0.1) is 13.8 Å². The van der Waals surface area contributed by atoms with Crippen molar-refractivity contribution >= 4 is 18.5 Å². The molecule has 126 valence electrons. The van der Waals surface area contributed by atoms with Crippen molar-refractivity contribution in [3.8, 4) is 11.5 Å². The number of aryl methyl sites for hydroxylation is 2. The van der Waals surface area contributed by atoms with E-state index in [-0.39, 0.29) is 0 Å². The summed E-state index contributed by atoms with van der Waals surface area (Å²) in [5, 5.41) is 0. The molecule has 0 unspecified atom stereocenters. The Balaban J connectivity index is 2.23. The maximum absolute atomic E-state index is 6.64. The molecule has 0 aliphatic rings. The normalized spacial score (nSPS) is 12.8. The van der Waals surface area contributed by atoms with E-state index in [4.69, 9.17) is 24.8 Å². The number of rotatable bonds is 5. The van der Waals surface area contributed by atoms with Crippen LogP contribution in [-0.2, 0) is 4.52 Å². The van der Waals surface area contributed by atoms with Gasteiger partial charge in [-0.05, 0) is 0 Å². The molecule has 0 saturated carbocycles. The van der Waals surface area contributed by atoms with Crippen LogP contribution in [0.5, 0.6) is 11.5 Å². The van der Waals surface area contributed by atoms with E-state index in [0.717, 1.165) is 11.1 Å². The SMILES string of the molecule is Cc1ccc(O[PH](Cl)(Oc2ccc(C)cc2)OC(C)(C)C)cc1. The Morgan fingerprint density at radius 2 is 1.09 bits per heavy atom. The number of hydrogen-bond donors (Lipinski definition) is 0. The summed E-state index contributed by atoms with van der Waals surface area (Å²) in [5.41, 5.74) is 1.81. The van der Waals surface area contributed by atoms with Crippen LogP contribution in [0.1, 0.15) is 31.9 Å². The molecule has 0 radical (unpaired) electrons. The summed E-state index contributed by atoms with van der Waals surface area (Å²) in [6, 6.07) is 15.3. The molecule has 0 N–H and O–H groups in total. The van der Waals surface area contributed by atoms with Gasteiger partial charge in [-0.25, -0.2) is 0 Å². The summed E-state index contributed by atoms with van der Waals surface area (Å²) in [5.74, 6) is 1.27. The van der Waals surface area contributed by atoms with Gasteiger partial charge in [-0.2, -0.15) is 0 Å². The molecule has 0 atom stereocenters. The second kappa shape index (κ2) is 7.09. The monoisotopic (exact) mass is 354 g/mol. The summed E-state index contributed by atoms with van der Waals surface area (Å²) in [6.07, 6.45) is 0. The predicted molar refractivity (Wildman–Crippen MR) is 98.6 cm³/mol. The average molecular weight is 355 g/mol. The maximum atomic E-state index is 6.64. The second-order valence-corrected chi connectivity index (χ2v) is 9.49. The Kier molecular flexibility index (Phi) is 5.57. The molecular formula is C18H24ClO3P. The fourth-order valence-electron chi connectivity index (χ4n) is 1.92. The van der Waals surface area contributed by atoms with Crippen molar-refractivity contribution in [2.75, 3.05) is 0 Å². The Hall–Kier alpha value is -1.28. The van der Waals surface area contributed by atoms with Crippen LogP contribution < -0.4 is 9.05 Å². The van der Waals surface area contributed by atoms with Gasteiger partial charge in [0, 0.05) is 0 Å². The molecule has 0 aromatic heterocycles. The van der Waals surface area contributed by atoms with E-state index in [1.807, 2.05) is 83.1 Å². The van der Waals surface area contributed by atoms with Gasteiger partial charge in [-0.1, -0.05) is 0 Å². The third-order valence-electron chi connectivity index (χ3n) is 2.95. The third-order valence-corrected chi connectivity index (χ3v) is 5.46. The molecule has 2 aromatic rings. The van der Waals surface area contributed by atoms with Gasteiger partial charge in [0.2, 0.25) is 0 Å². The third kappa shape index (κ3) is 6.02. The minimum atomic E-state index is -3.43. The molecule has 0 heterocycles. The topological polar surface area (TPSA) is 27.7 Å². The average Bonchev–Trinajstić information content (AvgIpc) is 2.42. The zero-order valence-corrected chi connectivity index (χ0v) is 16.0. The van der Waals surface area contributed by atoms with Crippen molar-refractivity contribution < 1.29 is 13.6 Å². The quantitative estimate of drug-likeness (QED) is 0.596. The Bertz CT molecular complexity index is 585. The van der Waals surface area contributed by atoms with Crippen molar-refractivity contribution in [2.24, 2.45) is 0 Å². The van der Waals surface area contributed by atoms with E-state index in [1.165, 1.54) is 0 Å². The zero-order chi connectivity index (χ0) is 17.1. The Morgan fingerprint density at radius 3 is 1.39 bits per heavy atom. The molecule has 3 nitrogen and oxygen atoms in total. The molecule has 2 aromatic carbocycles. The molecule has 0 saturated heterocycles. The first-order valence-electron chi connectivity index (χ1n) is 7.56.